The number of rotatable bonds is 7. The number of likely N-dealkylation sites (N-methyl/N-ethyl adjacent to an activating group) is 1. The second kappa shape index (κ2) is 8.89. The van der Waals surface area contributed by atoms with Gasteiger partial charge in [0.1, 0.15) is 5.75 Å². The van der Waals surface area contributed by atoms with Gasteiger partial charge in [-0.1, -0.05) is 56.0 Å². The van der Waals surface area contributed by atoms with Crippen molar-refractivity contribution in [3.8, 4) is 5.75 Å². The molecule has 21 heavy (non-hydrogen) atoms. The van der Waals surface area contributed by atoms with Crippen molar-refractivity contribution < 1.29 is 4.74 Å². The number of hydrogen-bond donors (Lipinski definition) is 1. The highest BCUT2D eigenvalue weighted by atomic mass is 16.5. The van der Waals surface area contributed by atoms with Crippen LogP contribution in [0.5, 0.6) is 5.75 Å². The minimum absolute atomic E-state index is 0.719. The summed E-state index contributed by atoms with van der Waals surface area (Å²) < 4.78 is 5.76. The van der Waals surface area contributed by atoms with Gasteiger partial charge in [-0.2, -0.15) is 0 Å². The third kappa shape index (κ3) is 4.89. The van der Waals surface area contributed by atoms with E-state index < -0.39 is 0 Å². The van der Waals surface area contributed by atoms with Gasteiger partial charge in [0.15, 0.2) is 0 Å². The van der Waals surface area contributed by atoms with Crippen molar-refractivity contribution in [1.29, 1.82) is 0 Å². The highest BCUT2D eigenvalue weighted by Gasteiger charge is 2.18. The van der Waals surface area contributed by atoms with E-state index in [-0.39, 0.29) is 0 Å². The van der Waals surface area contributed by atoms with Gasteiger partial charge in [-0.25, -0.2) is 0 Å². The monoisotopic (exact) mass is 287 g/mol. The minimum Gasteiger partial charge on any atom is -0.493 e. The van der Waals surface area contributed by atoms with Crippen molar-refractivity contribution in [1.82, 2.24) is 5.32 Å². The number of nitrogens with one attached hydrogen (secondary N) is 1. The van der Waals surface area contributed by atoms with Crippen LogP contribution < -0.4 is 10.1 Å². The molecule has 0 heterocycles. The van der Waals surface area contributed by atoms with E-state index in [1.54, 1.807) is 5.57 Å². The van der Waals surface area contributed by atoms with Gasteiger partial charge < -0.3 is 10.1 Å². The molecule has 1 aliphatic rings. The van der Waals surface area contributed by atoms with E-state index in [4.69, 9.17) is 4.74 Å². The third-order valence-corrected chi connectivity index (χ3v) is 4.27. The predicted octanol–water partition coefficient (Wildman–Crippen LogP) is 4.66. The fourth-order valence-electron chi connectivity index (χ4n) is 3.14. The molecule has 0 atom stereocenters. The molecule has 0 aliphatic heterocycles. The molecular weight excluding hydrogens is 258 g/mol. The topological polar surface area (TPSA) is 21.3 Å². The van der Waals surface area contributed by atoms with Crippen LogP contribution in [0.4, 0.5) is 0 Å². The molecule has 1 fully saturated rings. The summed E-state index contributed by atoms with van der Waals surface area (Å²) in [6.07, 6.45) is 9.20. The molecule has 116 valence electrons. The summed E-state index contributed by atoms with van der Waals surface area (Å²) in [5, 5.41) is 3.51. The van der Waals surface area contributed by atoms with Gasteiger partial charge in [-0.3, -0.25) is 0 Å². The molecule has 0 radical (unpaired) electrons. The summed E-state index contributed by atoms with van der Waals surface area (Å²) in [5.74, 6) is 1.75. The van der Waals surface area contributed by atoms with Gasteiger partial charge in [-0.15, -0.1) is 0 Å². The van der Waals surface area contributed by atoms with Crippen LogP contribution in [0.1, 0.15) is 51.5 Å². The van der Waals surface area contributed by atoms with Crippen LogP contribution in [-0.2, 0) is 0 Å². The molecule has 1 aromatic carbocycles. The van der Waals surface area contributed by atoms with E-state index in [0.29, 0.717) is 0 Å². The molecule has 1 N–H and O–H groups in total. The Morgan fingerprint density at radius 1 is 1.19 bits per heavy atom. The zero-order chi connectivity index (χ0) is 14.9. The average molecular weight is 287 g/mol. The summed E-state index contributed by atoms with van der Waals surface area (Å²) in [5.41, 5.74) is 2.77. The standard InChI is InChI=1S/C19H29NO/c1-3-20-15-18(16-10-6-5-7-11-16)14-17-12-8-9-13-19(17)21-4-2/h8-9,12-14,16,20H,3-7,10-11,15H2,1-2H3/b18-14-. The highest BCUT2D eigenvalue weighted by molar-refractivity contribution is 5.60. The van der Waals surface area contributed by atoms with E-state index in [2.05, 4.69) is 36.5 Å². The third-order valence-electron chi connectivity index (χ3n) is 4.27. The van der Waals surface area contributed by atoms with Gasteiger partial charge in [0.2, 0.25) is 0 Å². The summed E-state index contributed by atoms with van der Waals surface area (Å²) in [4.78, 5) is 0. The molecule has 2 nitrogen and oxygen atoms in total. The Morgan fingerprint density at radius 3 is 2.67 bits per heavy atom. The van der Waals surface area contributed by atoms with Crippen molar-refractivity contribution in [2.24, 2.45) is 5.92 Å². The van der Waals surface area contributed by atoms with E-state index in [1.807, 2.05) is 13.0 Å². The van der Waals surface area contributed by atoms with Crippen LogP contribution >= 0.6 is 0 Å². The molecule has 0 bridgehead atoms. The lowest BCUT2D eigenvalue weighted by molar-refractivity contribution is 0.339. The number of ether oxygens (including phenoxy) is 1. The summed E-state index contributed by atoms with van der Waals surface area (Å²) in [6, 6.07) is 8.38. The summed E-state index contributed by atoms with van der Waals surface area (Å²) in [6.45, 7) is 6.96. The Kier molecular flexibility index (Phi) is 6.81. The predicted molar refractivity (Wildman–Crippen MR) is 90.7 cm³/mol. The largest absolute Gasteiger partial charge is 0.493 e. The lowest BCUT2D eigenvalue weighted by Crippen LogP contribution is -2.22. The minimum atomic E-state index is 0.719. The molecule has 0 unspecified atom stereocenters. The molecule has 2 rings (SSSR count). The first-order valence-corrected chi connectivity index (χ1v) is 8.48. The van der Waals surface area contributed by atoms with Gasteiger partial charge in [-0.05, 0) is 38.3 Å². The van der Waals surface area contributed by atoms with Crippen molar-refractivity contribution >= 4 is 6.08 Å². The summed E-state index contributed by atoms with van der Waals surface area (Å²) >= 11 is 0. The highest BCUT2D eigenvalue weighted by Crippen LogP contribution is 2.32. The molecule has 1 aliphatic carbocycles. The zero-order valence-corrected chi connectivity index (χ0v) is 13.5. The van der Waals surface area contributed by atoms with Gasteiger partial charge in [0, 0.05) is 12.1 Å². The van der Waals surface area contributed by atoms with E-state index >= 15 is 0 Å². The van der Waals surface area contributed by atoms with Crippen molar-refractivity contribution in [3.05, 3.63) is 35.4 Å². The van der Waals surface area contributed by atoms with Crippen molar-refractivity contribution in [2.75, 3.05) is 19.7 Å². The molecule has 2 heteroatoms. The first kappa shape index (κ1) is 16.1. The molecule has 0 spiro atoms. The molecule has 1 saturated carbocycles. The maximum atomic E-state index is 5.76. The smallest absolute Gasteiger partial charge is 0.126 e. The van der Waals surface area contributed by atoms with Crippen LogP contribution in [0.3, 0.4) is 0 Å². The second-order valence-electron chi connectivity index (χ2n) is 5.81. The van der Waals surface area contributed by atoms with Crippen LogP contribution in [0, 0.1) is 5.92 Å². The van der Waals surface area contributed by atoms with Crippen molar-refractivity contribution in [3.63, 3.8) is 0 Å². The van der Waals surface area contributed by atoms with Crippen LogP contribution in [0.25, 0.3) is 6.08 Å². The Balaban J connectivity index is 2.21. The second-order valence-corrected chi connectivity index (χ2v) is 5.81. The number of benzene rings is 1. The van der Waals surface area contributed by atoms with E-state index in [9.17, 15) is 0 Å². The maximum Gasteiger partial charge on any atom is 0.126 e. The molecule has 0 amide bonds. The SMILES string of the molecule is CCNC/C(=C/c1ccccc1OCC)C1CCCCC1. The Labute approximate surface area is 129 Å². The van der Waals surface area contributed by atoms with Crippen LogP contribution in [0.2, 0.25) is 0 Å². The quantitative estimate of drug-likeness (QED) is 0.787. The lowest BCUT2D eigenvalue weighted by atomic mass is 9.83. The first-order valence-electron chi connectivity index (χ1n) is 8.48. The van der Waals surface area contributed by atoms with Crippen LogP contribution in [-0.4, -0.2) is 19.7 Å². The Morgan fingerprint density at radius 2 is 1.95 bits per heavy atom. The first-order chi connectivity index (χ1) is 10.3. The normalized spacial score (nSPS) is 17.0. The summed E-state index contributed by atoms with van der Waals surface area (Å²) in [7, 11) is 0. The number of hydrogen-bond acceptors (Lipinski definition) is 2. The van der Waals surface area contributed by atoms with E-state index in [0.717, 1.165) is 31.4 Å². The molecule has 0 saturated heterocycles. The van der Waals surface area contributed by atoms with Gasteiger partial charge in [0.25, 0.3) is 0 Å². The Hall–Kier alpha value is -1.28. The molecule has 0 aromatic heterocycles. The van der Waals surface area contributed by atoms with Crippen LogP contribution in [0.15, 0.2) is 29.8 Å². The van der Waals surface area contributed by atoms with Gasteiger partial charge >= 0.3 is 0 Å². The van der Waals surface area contributed by atoms with Gasteiger partial charge in [0.05, 0.1) is 6.61 Å². The average Bonchev–Trinajstić information content (AvgIpc) is 2.54. The lowest BCUT2D eigenvalue weighted by Gasteiger charge is -2.25. The zero-order valence-electron chi connectivity index (χ0n) is 13.5. The Bertz CT molecular complexity index is 447. The molecular formula is C19H29NO. The van der Waals surface area contributed by atoms with Crippen molar-refractivity contribution in [2.45, 2.75) is 46.0 Å². The number of para-hydroxylation sites is 1. The fraction of sp³-hybridized carbons (Fsp3) is 0.579. The maximum absolute atomic E-state index is 5.76. The fourth-order valence-corrected chi connectivity index (χ4v) is 3.14. The molecule has 1 aromatic rings. The van der Waals surface area contributed by atoms with E-state index in [1.165, 1.54) is 37.7 Å².